The first-order chi connectivity index (χ1) is 22.5. The maximum atomic E-state index is 15.2. The molecule has 2 aromatic carbocycles. The molecule has 3 N–H and O–H groups in total. The van der Waals surface area contributed by atoms with E-state index in [1.54, 1.807) is 23.1 Å². The average molecular weight is 647 g/mol. The van der Waals surface area contributed by atoms with E-state index < -0.39 is 11.4 Å². The van der Waals surface area contributed by atoms with Crippen molar-refractivity contribution in [2.45, 2.75) is 38.9 Å². The number of carbonyl (C=O) groups excluding carboxylic acids is 1. The van der Waals surface area contributed by atoms with E-state index in [-0.39, 0.29) is 35.5 Å². The summed E-state index contributed by atoms with van der Waals surface area (Å²) in [5.74, 6) is 0.789. The predicted octanol–water partition coefficient (Wildman–Crippen LogP) is 5.29. The summed E-state index contributed by atoms with van der Waals surface area (Å²) >= 11 is 0. The minimum absolute atomic E-state index is 0.0111. The molecular weight excluding hydrogens is 611 g/mol. The fourth-order valence-corrected chi connectivity index (χ4v) is 4.55. The number of fused-ring (bicyclic) bond motifs is 1. The van der Waals surface area contributed by atoms with Gasteiger partial charge in [-0.05, 0) is 39.0 Å². The number of ether oxygens (including phenoxy) is 5. The van der Waals surface area contributed by atoms with Crippen LogP contribution in [0.3, 0.4) is 0 Å². The number of benzene rings is 2. The highest BCUT2D eigenvalue weighted by Gasteiger charge is 2.31. The van der Waals surface area contributed by atoms with Crippen molar-refractivity contribution in [2.75, 3.05) is 32.6 Å². The van der Waals surface area contributed by atoms with Crippen molar-refractivity contribution in [1.29, 1.82) is 0 Å². The summed E-state index contributed by atoms with van der Waals surface area (Å²) in [5, 5.41) is 3.59. The highest BCUT2D eigenvalue weighted by atomic mass is 19.1. The minimum atomic E-state index is -0.607. The normalized spacial score (nSPS) is 15.1. The van der Waals surface area contributed by atoms with E-state index >= 15 is 4.39 Å². The summed E-state index contributed by atoms with van der Waals surface area (Å²) in [6.45, 7) is 6.33. The number of hydrogen-bond donors (Lipinski definition) is 2. The Kier molecular flexibility index (Phi) is 9.83. The molecule has 0 saturated carbocycles. The molecule has 0 spiro atoms. The molecule has 0 bridgehead atoms. The Hall–Kier alpha value is -5.73. The molecule has 47 heavy (non-hydrogen) atoms. The second kappa shape index (κ2) is 14.1. The largest absolute Gasteiger partial charge is 0.493 e. The van der Waals surface area contributed by atoms with Crippen LogP contribution >= 0.6 is 0 Å². The lowest BCUT2D eigenvalue weighted by molar-refractivity contribution is 0.0275. The number of aliphatic imine (C=N–C) groups is 1. The van der Waals surface area contributed by atoms with Crippen LogP contribution in [0.15, 0.2) is 66.0 Å². The van der Waals surface area contributed by atoms with E-state index in [0.29, 0.717) is 53.4 Å². The third kappa shape index (κ3) is 8.51. The Labute approximate surface area is 270 Å². The van der Waals surface area contributed by atoms with E-state index in [9.17, 15) is 4.79 Å². The number of rotatable bonds is 10. The smallest absolute Gasteiger partial charge is 0.410 e. The van der Waals surface area contributed by atoms with Crippen LogP contribution in [0.4, 0.5) is 26.4 Å². The number of aromatic nitrogens is 4. The second-order valence-corrected chi connectivity index (χ2v) is 11.3. The van der Waals surface area contributed by atoms with Gasteiger partial charge in [-0.25, -0.2) is 29.1 Å². The van der Waals surface area contributed by atoms with E-state index in [4.69, 9.17) is 29.4 Å². The van der Waals surface area contributed by atoms with Gasteiger partial charge in [-0.2, -0.15) is 0 Å². The van der Waals surface area contributed by atoms with Gasteiger partial charge in [-0.1, -0.05) is 0 Å². The van der Waals surface area contributed by atoms with Gasteiger partial charge in [0.15, 0.2) is 17.4 Å². The van der Waals surface area contributed by atoms with Crippen molar-refractivity contribution >= 4 is 40.4 Å². The highest BCUT2D eigenvalue weighted by Crippen LogP contribution is 2.37. The third-order valence-corrected chi connectivity index (χ3v) is 6.70. The molecule has 0 radical (unpaired) electrons. The van der Waals surface area contributed by atoms with Gasteiger partial charge in [-0.3, -0.25) is 4.99 Å². The van der Waals surface area contributed by atoms with Gasteiger partial charge in [0, 0.05) is 42.8 Å². The molecule has 1 amide bonds. The summed E-state index contributed by atoms with van der Waals surface area (Å²) in [4.78, 5) is 34.9. The number of allylic oxidation sites excluding steroid dienone is 1. The van der Waals surface area contributed by atoms with Gasteiger partial charge >= 0.3 is 12.1 Å². The molecule has 0 aliphatic carbocycles. The molecule has 3 heterocycles. The predicted molar refractivity (Wildman–Crippen MR) is 172 cm³/mol. The molecule has 1 atom stereocenters. The number of nitrogens with two attached hydrogens (primary N) is 1. The number of nitrogens with one attached hydrogen (secondary N) is 1. The van der Waals surface area contributed by atoms with Crippen LogP contribution in [-0.4, -0.2) is 76.2 Å². The maximum absolute atomic E-state index is 15.2. The molecule has 2 aromatic heterocycles. The molecule has 246 valence electrons. The van der Waals surface area contributed by atoms with Crippen molar-refractivity contribution in [3.8, 4) is 23.3 Å². The van der Waals surface area contributed by atoms with Crippen molar-refractivity contribution in [2.24, 2.45) is 10.7 Å². The number of amides is 1. The van der Waals surface area contributed by atoms with Gasteiger partial charge in [0.1, 0.15) is 35.4 Å². The molecule has 1 saturated heterocycles. The molecule has 1 aliphatic rings. The van der Waals surface area contributed by atoms with Crippen LogP contribution in [0.25, 0.3) is 10.9 Å². The van der Waals surface area contributed by atoms with Crippen molar-refractivity contribution < 1.29 is 32.9 Å². The first-order valence-corrected chi connectivity index (χ1v) is 14.6. The number of likely N-dealkylation sites (tertiary alicyclic amines) is 1. The van der Waals surface area contributed by atoms with Crippen LogP contribution in [0, 0.1) is 5.82 Å². The SMILES string of the molecule is COc1ncc(N=C/C=C(\N)Oc2ccc(Nc3ncnc4cc(OC)c(OC5CCN(C(=O)OC(C)(C)C)C5)cc34)c(F)c2)cn1. The van der Waals surface area contributed by atoms with Crippen molar-refractivity contribution in [1.82, 2.24) is 24.8 Å². The first kappa shape index (κ1) is 32.7. The van der Waals surface area contributed by atoms with Gasteiger partial charge < -0.3 is 39.6 Å². The number of halogens is 1. The summed E-state index contributed by atoms with van der Waals surface area (Å²) in [6.07, 6.45) is 7.08. The molecule has 1 unspecified atom stereocenters. The Morgan fingerprint density at radius 3 is 2.57 bits per heavy atom. The monoisotopic (exact) mass is 646 g/mol. The van der Waals surface area contributed by atoms with Crippen LogP contribution < -0.4 is 30.0 Å². The van der Waals surface area contributed by atoms with E-state index in [2.05, 4.69) is 30.2 Å². The van der Waals surface area contributed by atoms with Crippen molar-refractivity contribution in [3.63, 3.8) is 0 Å². The Morgan fingerprint density at radius 1 is 1.09 bits per heavy atom. The number of methoxy groups -OCH3 is 2. The lowest BCUT2D eigenvalue weighted by Crippen LogP contribution is -2.36. The topological polar surface area (TPSA) is 168 Å². The molecule has 5 rings (SSSR count). The third-order valence-electron chi connectivity index (χ3n) is 6.70. The van der Waals surface area contributed by atoms with Gasteiger partial charge in [0.2, 0.25) is 0 Å². The zero-order valence-corrected chi connectivity index (χ0v) is 26.6. The number of anilines is 2. The molecular formula is C32H35FN8O6. The Balaban J connectivity index is 1.28. The molecule has 4 aromatic rings. The van der Waals surface area contributed by atoms with E-state index in [1.165, 1.54) is 57.4 Å². The Bertz CT molecular complexity index is 1800. The quantitative estimate of drug-likeness (QED) is 0.169. The molecule has 15 heteroatoms. The summed E-state index contributed by atoms with van der Waals surface area (Å²) in [5.41, 5.74) is 6.50. The van der Waals surface area contributed by atoms with Gasteiger partial charge in [0.05, 0.1) is 50.0 Å². The van der Waals surface area contributed by atoms with Crippen LogP contribution in [0.5, 0.6) is 23.3 Å². The van der Waals surface area contributed by atoms with Gasteiger partial charge in [0.25, 0.3) is 0 Å². The maximum Gasteiger partial charge on any atom is 0.410 e. The molecule has 1 fully saturated rings. The van der Waals surface area contributed by atoms with Crippen LogP contribution in [0.1, 0.15) is 27.2 Å². The van der Waals surface area contributed by atoms with E-state index in [0.717, 1.165) is 0 Å². The zero-order valence-electron chi connectivity index (χ0n) is 26.6. The average Bonchev–Trinajstić information content (AvgIpc) is 3.50. The highest BCUT2D eigenvalue weighted by molar-refractivity contribution is 5.93. The number of carbonyl (C=O) groups is 1. The fraction of sp³-hybridized carbons (Fsp3) is 0.312. The zero-order chi connectivity index (χ0) is 33.6. The second-order valence-electron chi connectivity index (χ2n) is 11.3. The lowest BCUT2D eigenvalue weighted by Gasteiger charge is -2.24. The van der Waals surface area contributed by atoms with Crippen LogP contribution in [-0.2, 0) is 4.74 Å². The molecule has 14 nitrogen and oxygen atoms in total. The summed E-state index contributed by atoms with van der Waals surface area (Å²) in [7, 11) is 2.99. The number of nitrogens with zero attached hydrogens (tertiary/aromatic N) is 6. The first-order valence-electron chi connectivity index (χ1n) is 14.6. The summed E-state index contributed by atoms with van der Waals surface area (Å²) < 4.78 is 43.0. The van der Waals surface area contributed by atoms with Crippen molar-refractivity contribution in [3.05, 3.63) is 66.8 Å². The van der Waals surface area contributed by atoms with Crippen LogP contribution in [0.2, 0.25) is 0 Å². The Morgan fingerprint density at radius 2 is 1.87 bits per heavy atom. The van der Waals surface area contributed by atoms with E-state index in [1.807, 2.05) is 20.8 Å². The standard InChI is InChI=1S/C32H35FN8O6/c1-32(2,3)47-31(42)41-11-9-21(17-41)45-27-13-22-25(14-26(27)43-4)38-18-39-29(22)40-24-7-6-20(12-23(24)33)46-28(34)8-10-35-19-15-36-30(44-5)37-16-19/h6-8,10,12-16,18,21H,9,11,17,34H2,1-5H3,(H,38,39,40)/b28-8+,35-10?. The number of hydrogen-bond acceptors (Lipinski definition) is 13. The molecule has 1 aliphatic heterocycles. The van der Waals surface area contributed by atoms with Gasteiger partial charge in [-0.15, -0.1) is 0 Å². The summed E-state index contributed by atoms with van der Waals surface area (Å²) in [6, 6.07) is 7.91. The minimum Gasteiger partial charge on any atom is -0.493 e. The lowest BCUT2D eigenvalue weighted by atomic mass is 10.2. The fourth-order valence-electron chi connectivity index (χ4n) is 4.55.